The lowest BCUT2D eigenvalue weighted by Crippen LogP contribution is -2.33. The molecule has 0 fully saturated rings. The van der Waals surface area contributed by atoms with E-state index in [9.17, 15) is 18.8 Å². The standard InChI is InChI=1S/C31H33FN4O4S/c1-2-3-4-5-6-17-36-27-15-14-25(41-18-16-21-10-12-22(13-11-21)30(38)39)20-26(27)28(29(36)37)34-35-31(40)33-24-9-7-8-23(32)19-24/h7-15,19-20H,2-6,16-18H2,1H3,(H,38,39)(H2,33,35,40)/b34-28-. The molecule has 0 spiro atoms. The number of unbranched alkanes of at least 4 members (excludes halogenated alkanes) is 4. The quantitative estimate of drug-likeness (QED) is 0.119. The minimum Gasteiger partial charge on any atom is -0.478 e. The highest BCUT2D eigenvalue weighted by Crippen LogP contribution is 2.34. The lowest BCUT2D eigenvalue weighted by atomic mass is 10.1. The summed E-state index contributed by atoms with van der Waals surface area (Å²) in [4.78, 5) is 39.6. The largest absolute Gasteiger partial charge is 0.478 e. The summed E-state index contributed by atoms with van der Waals surface area (Å²) in [6.07, 6.45) is 6.04. The van der Waals surface area contributed by atoms with Gasteiger partial charge in [-0.3, -0.25) is 4.79 Å². The molecule has 1 aliphatic rings. The number of urea groups is 1. The van der Waals surface area contributed by atoms with Gasteiger partial charge in [0.15, 0.2) is 5.71 Å². The lowest BCUT2D eigenvalue weighted by Gasteiger charge is -2.17. The van der Waals surface area contributed by atoms with E-state index in [0.29, 0.717) is 12.1 Å². The summed E-state index contributed by atoms with van der Waals surface area (Å²) in [5.74, 6) is -0.957. The number of anilines is 2. The number of nitrogens with zero attached hydrogens (tertiary/aromatic N) is 2. The molecular weight excluding hydrogens is 543 g/mol. The van der Waals surface area contributed by atoms with Gasteiger partial charge in [-0.25, -0.2) is 19.4 Å². The van der Waals surface area contributed by atoms with Gasteiger partial charge in [0, 0.05) is 28.4 Å². The smallest absolute Gasteiger partial charge is 0.339 e. The molecule has 0 saturated carbocycles. The number of rotatable bonds is 13. The Bertz CT molecular complexity index is 1430. The fourth-order valence-electron chi connectivity index (χ4n) is 4.52. The number of carboxylic acids is 1. The Morgan fingerprint density at radius 2 is 1.78 bits per heavy atom. The van der Waals surface area contributed by atoms with Gasteiger partial charge in [-0.2, -0.15) is 5.10 Å². The van der Waals surface area contributed by atoms with Crippen LogP contribution < -0.4 is 15.6 Å². The second kappa shape index (κ2) is 14.5. The fourth-order valence-corrected chi connectivity index (χ4v) is 5.46. The maximum Gasteiger partial charge on any atom is 0.339 e. The van der Waals surface area contributed by atoms with Crippen LogP contribution >= 0.6 is 11.8 Å². The first-order chi connectivity index (χ1) is 19.9. The molecule has 1 aliphatic heterocycles. The lowest BCUT2D eigenvalue weighted by molar-refractivity contribution is -0.112. The van der Waals surface area contributed by atoms with Gasteiger partial charge in [-0.05, 0) is 66.9 Å². The zero-order valence-electron chi connectivity index (χ0n) is 22.9. The molecule has 0 bridgehead atoms. The van der Waals surface area contributed by atoms with E-state index < -0.39 is 17.8 Å². The van der Waals surface area contributed by atoms with Crippen LogP contribution in [0, 0.1) is 5.82 Å². The fraction of sp³-hybridized carbons (Fsp3) is 0.290. The number of nitrogens with one attached hydrogen (secondary N) is 2. The van der Waals surface area contributed by atoms with E-state index >= 15 is 0 Å². The number of hydrogen-bond acceptors (Lipinski definition) is 5. The average Bonchev–Trinajstić information content (AvgIpc) is 3.21. The van der Waals surface area contributed by atoms with Gasteiger partial charge in [-0.1, -0.05) is 50.8 Å². The van der Waals surface area contributed by atoms with Gasteiger partial charge < -0.3 is 15.3 Å². The summed E-state index contributed by atoms with van der Waals surface area (Å²) in [6, 6.07) is 17.4. The third kappa shape index (κ3) is 8.17. The Morgan fingerprint density at radius 1 is 1.00 bits per heavy atom. The number of carbonyl (C=O) groups excluding carboxylic acids is 2. The van der Waals surface area contributed by atoms with Crippen LogP contribution in [0.2, 0.25) is 0 Å². The second-order valence-corrected chi connectivity index (χ2v) is 10.9. The first-order valence-electron chi connectivity index (χ1n) is 13.7. The van der Waals surface area contributed by atoms with Crippen molar-refractivity contribution in [1.82, 2.24) is 5.43 Å². The third-order valence-corrected chi connectivity index (χ3v) is 7.65. The summed E-state index contributed by atoms with van der Waals surface area (Å²) < 4.78 is 13.5. The van der Waals surface area contributed by atoms with Crippen molar-refractivity contribution in [1.29, 1.82) is 0 Å². The summed E-state index contributed by atoms with van der Waals surface area (Å²) in [5.41, 5.74) is 5.49. The van der Waals surface area contributed by atoms with E-state index in [1.165, 1.54) is 18.2 Å². The van der Waals surface area contributed by atoms with E-state index in [4.69, 9.17) is 5.11 Å². The number of carbonyl (C=O) groups is 3. The minimum absolute atomic E-state index is 0.148. The van der Waals surface area contributed by atoms with Gasteiger partial charge in [0.05, 0.1) is 11.3 Å². The van der Waals surface area contributed by atoms with Crippen molar-refractivity contribution < 1.29 is 23.9 Å². The molecule has 10 heteroatoms. The predicted octanol–water partition coefficient (Wildman–Crippen LogP) is 6.70. The highest BCUT2D eigenvalue weighted by atomic mass is 32.2. The van der Waals surface area contributed by atoms with Crippen LogP contribution in [0.5, 0.6) is 0 Å². The molecule has 0 aliphatic carbocycles. The second-order valence-electron chi connectivity index (χ2n) is 9.69. The Morgan fingerprint density at radius 3 is 2.51 bits per heavy atom. The molecule has 0 unspecified atom stereocenters. The van der Waals surface area contributed by atoms with E-state index in [-0.39, 0.29) is 22.9 Å². The maximum absolute atomic E-state index is 13.5. The molecule has 1 heterocycles. The van der Waals surface area contributed by atoms with E-state index in [1.807, 2.05) is 30.3 Å². The maximum atomic E-state index is 13.5. The van der Waals surface area contributed by atoms with Crippen molar-refractivity contribution in [3.63, 3.8) is 0 Å². The van der Waals surface area contributed by atoms with E-state index in [2.05, 4.69) is 22.8 Å². The normalized spacial score (nSPS) is 13.4. The highest BCUT2D eigenvalue weighted by molar-refractivity contribution is 7.99. The number of amides is 3. The molecule has 3 aromatic carbocycles. The third-order valence-electron chi connectivity index (χ3n) is 6.66. The molecule has 0 radical (unpaired) electrons. The first-order valence-corrected chi connectivity index (χ1v) is 14.7. The number of benzene rings is 3. The van der Waals surface area contributed by atoms with Gasteiger partial charge in [-0.15, -0.1) is 11.8 Å². The summed E-state index contributed by atoms with van der Waals surface area (Å²) in [6.45, 7) is 2.72. The van der Waals surface area contributed by atoms with Crippen molar-refractivity contribution in [2.24, 2.45) is 5.10 Å². The van der Waals surface area contributed by atoms with Crippen molar-refractivity contribution >= 4 is 46.8 Å². The molecule has 214 valence electrons. The molecule has 3 N–H and O–H groups in total. The van der Waals surface area contributed by atoms with Crippen LogP contribution in [0.25, 0.3) is 0 Å². The Balaban J connectivity index is 1.46. The van der Waals surface area contributed by atoms with Crippen LogP contribution in [0.3, 0.4) is 0 Å². The van der Waals surface area contributed by atoms with Gasteiger partial charge in [0.1, 0.15) is 5.82 Å². The first kappa shape index (κ1) is 29.8. The van der Waals surface area contributed by atoms with Crippen LogP contribution in [0.4, 0.5) is 20.6 Å². The summed E-state index contributed by atoms with van der Waals surface area (Å²) in [5, 5.41) is 15.8. The Kier molecular flexibility index (Phi) is 10.5. The molecule has 0 saturated heterocycles. The molecular formula is C31H33FN4O4S. The van der Waals surface area contributed by atoms with E-state index in [0.717, 1.165) is 60.4 Å². The zero-order valence-corrected chi connectivity index (χ0v) is 23.7. The molecule has 8 nitrogen and oxygen atoms in total. The van der Waals surface area contributed by atoms with Crippen LogP contribution in [-0.2, 0) is 11.2 Å². The number of hydrogen-bond donors (Lipinski definition) is 3. The molecule has 0 aromatic heterocycles. The number of fused-ring (bicyclic) bond motifs is 1. The van der Waals surface area contributed by atoms with Crippen molar-refractivity contribution in [3.8, 4) is 0 Å². The van der Waals surface area contributed by atoms with Crippen molar-refractivity contribution in [2.75, 3.05) is 22.5 Å². The van der Waals surface area contributed by atoms with Crippen LogP contribution in [-0.4, -0.2) is 41.0 Å². The number of aromatic carboxylic acids is 1. The Hall–Kier alpha value is -4.18. The number of thioether (sulfide) groups is 1. The summed E-state index contributed by atoms with van der Waals surface area (Å²) >= 11 is 1.61. The van der Waals surface area contributed by atoms with Crippen LogP contribution in [0.15, 0.2) is 76.7 Å². The molecule has 41 heavy (non-hydrogen) atoms. The minimum atomic E-state index is -0.952. The number of carboxylic acid groups (broad SMARTS) is 1. The highest BCUT2D eigenvalue weighted by Gasteiger charge is 2.34. The Labute approximate surface area is 243 Å². The number of aryl methyl sites for hydroxylation is 1. The topological polar surface area (TPSA) is 111 Å². The predicted molar refractivity (Wildman–Crippen MR) is 160 cm³/mol. The zero-order chi connectivity index (χ0) is 29.2. The SMILES string of the molecule is CCCCCCCN1C(=O)/C(=N\NC(=O)Nc2cccc(F)c2)c2cc(SCCc3ccc(C(=O)O)cc3)ccc21. The van der Waals surface area contributed by atoms with Crippen LogP contribution in [0.1, 0.15) is 60.5 Å². The van der Waals surface area contributed by atoms with Gasteiger partial charge >= 0.3 is 12.0 Å². The molecule has 3 aromatic rings. The monoisotopic (exact) mass is 576 g/mol. The molecule has 3 amide bonds. The molecule has 4 rings (SSSR count). The molecule has 0 atom stereocenters. The van der Waals surface area contributed by atoms with Crippen molar-refractivity contribution in [2.45, 2.75) is 50.3 Å². The summed E-state index contributed by atoms with van der Waals surface area (Å²) in [7, 11) is 0. The number of hydrazone groups is 1. The van der Waals surface area contributed by atoms with Gasteiger partial charge in [0.2, 0.25) is 0 Å². The average molecular weight is 577 g/mol. The van der Waals surface area contributed by atoms with Gasteiger partial charge in [0.25, 0.3) is 5.91 Å². The number of halogens is 1. The van der Waals surface area contributed by atoms with E-state index in [1.54, 1.807) is 34.9 Å². The van der Waals surface area contributed by atoms with Crippen molar-refractivity contribution in [3.05, 3.63) is 89.2 Å².